The number of hydrogen-bond acceptors (Lipinski definition) is 12. The number of carboxylic acid groups (broad SMARTS) is 1. The van der Waals surface area contributed by atoms with Crippen LogP contribution in [-0.2, 0) is 25.8 Å². The summed E-state index contributed by atoms with van der Waals surface area (Å²) < 4.78 is 1.71. The van der Waals surface area contributed by atoms with Crippen LogP contribution in [0, 0.1) is 0 Å². The summed E-state index contributed by atoms with van der Waals surface area (Å²) in [5.41, 5.74) is 5.98. The van der Waals surface area contributed by atoms with Gasteiger partial charge in [0.15, 0.2) is 35.6 Å². The fourth-order valence-electron chi connectivity index (χ4n) is 4.15. The number of carboxylic acids is 1. The molecule has 2 aliphatic heterocycles. The number of thioether (sulfide) groups is 1. The number of pyridine rings is 1. The number of nitrogen functional groups attached to an aromatic ring is 2. The van der Waals surface area contributed by atoms with Gasteiger partial charge in [0.05, 0.1) is 5.56 Å². The number of nitrogens with one attached hydrogen (secondary N) is 2. The molecular formula is C21H21N10O6S2+. The lowest BCUT2D eigenvalue weighted by Gasteiger charge is -2.49. The predicted octanol–water partition coefficient (Wildman–Crippen LogP) is -1.93. The minimum Gasteiger partial charge on any atom is -0.477 e. The highest BCUT2D eigenvalue weighted by molar-refractivity contribution is 8.00. The summed E-state index contributed by atoms with van der Waals surface area (Å²) in [6, 6.07) is 2.44. The first kappa shape index (κ1) is 25.9. The van der Waals surface area contributed by atoms with Crippen LogP contribution in [0.3, 0.4) is 0 Å². The maximum absolute atomic E-state index is 13.1. The van der Waals surface area contributed by atoms with E-state index in [2.05, 4.69) is 25.5 Å². The molecule has 0 radical (unpaired) electrons. The SMILES string of the molecule is CO/N=C(\C(=O)N[C@@H]1C(=O)N2C(C(=O)O)=C(C[n+]3cccc(-c4nn(N)c(=O)[nH]4)c3)CS[C@H]12)c1csc(N)n1. The molecule has 1 saturated heterocycles. The van der Waals surface area contributed by atoms with Crippen LogP contribution < -0.4 is 27.1 Å². The van der Waals surface area contributed by atoms with Crippen LogP contribution in [0.1, 0.15) is 5.69 Å². The van der Waals surface area contributed by atoms with Gasteiger partial charge < -0.3 is 26.8 Å². The van der Waals surface area contributed by atoms with Crippen molar-refractivity contribution < 1.29 is 28.9 Å². The van der Waals surface area contributed by atoms with E-state index in [1.807, 2.05) is 0 Å². The number of aliphatic carboxylic acids is 1. The van der Waals surface area contributed by atoms with E-state index in [4.69, 9.17) is 16.4 Å². The van der Waals surface area contributed by atoms with Crippen LogP contribution in [0.15, 0.2) is 51.1 Å². The van der Waals surface area contributed by atoms with Gasteiger partial charge in [-0.05, 0) is 6.07 Å². The molecule has 3 aromatic heterocycles. The highest BCUT2D eigenvalue weighted by Gasteiger charge is 2.54. The molecule has 0 bridgehead atoms. The Kier molecular flexibility index (Phi) is 6.79. The molecule has 2 aliphatic rings. The van der Waals surface area contributed by atoms with Crippen LogP contribution in [-0.4, -0.2) is 77.6 Å². The number of H-pyrrole nitrogens is 1. The summed E-state index contributed by atoms with van der Waals surface area (Å²) >= 11 is 2.43. The summed E-state index contributed by atoms with van der Waals surface area (Å²) in [5, 5.41) is 21.4. The Labute approximate surface area is 226 Å². The Hall–Kier alpha value is -4.71. The minimum absolute atomic E-state index is 0.148. The molecule has 0 unspecified atom stereocenters. The van der Waals surface area contributed by atoms with Gasteiger partial charge in [-0.3, -0.25) is 19.5 Å². The zero-order valence-corrected chi connectivity index (χ0v) is 21.7. The first-order valence-corrected chi connectivity index (χ1v) is 13.1. The third-order valence-electron chi connectivity index (χ3n) is 5.84. The number of carbonyl (C=O) groups excluding carboxylic acids is 2. The molecule has 2 amide bonds. The smallest absolute Gasteiger partial charge is 0.362 e. The molecule has 1 fully saturated rings. The van der Waals surface area contributed by atoms with E-state index in [0.29, 0.717) is 15.9 Å². The summed E-state index contributed by atoms with van der Waals surface area (Å²) in [5.74, 6) is 3.44. The molecular weight excluding hydrogens is 552 g/mol. The van der Waals surface area contributed by atoms with E-state index in [1.165, 1.54) is 29.2 Å². The predicted molar refractivity (Wildman–Crippen MR) is 138 cm³/mol. The number of fused-ring (bicyclic) bond motifs is 1. The number of nitrogens with zero attached hydrogens (tertiary/aromatic N) is 6. The molecule has 0 aliphatic carbocycles. The molecule has 39 heavy (non-hydrogen) atoms. The Morgan fingerprint density at radius 3 is 2.85 bits per heavy atom. The second kappa shape index (κ2) is 10.2. The average Bonchev–Trinajstić information content (AvgIpc) is 3.49. The molecule has 5 rings (SSSR count). The highest BCUT2D eigenvalue weighted by atomic mass is 32.2. The van der Waals surface area contributed by atoms with Crippen molar-refractivity contribution >= 4 is 51.7 Å². The van der Waals surface area contributed by atoms with Crippen molar-refractivity contribution in [1.82, 2.24) is 30.1 Å². The highest BCUT2D eigenvalue weighted by Crippen LogP contribution is 2.40. The third kappa shape index (κ3) is 4.81. The average molecular weight is 574 g/mol. The maximum Gasteiger partial charge on any atom is 0.362 e. The van der Waals surface area contributed by atoms with Crippen molar-refractivity contribution in [3.05, 3.63) is 57.4 Å². The second-order valence-electron chi connectivity index (χ2n) is 8.30. The molecule has 18 heteroatoms. The Balaban J connectivity index is 1.35. The van der Waals surface area contributed by atoms with Crippen LogP contribution in [0.2, 0.25) is 0 Å². The number of amides is 2. The molecule has 5 heterocycles. The number of β-lactam (4-membered cyclic amide) rings is 1. The van der Waals surface area contributed by atoms with Gasteiger partial charge in [-0.1, -0.05) is 5.16 Å². The van der Waals surface area contributed by atoms with Crippen LogP contribution >= 0.6 is 23.1 Å². The lowest BCUT2D eigenvalue weighted by Crippen LogP contribution is -2.71. The van der Waals surface area contributed by atoms with E-state index in [9.17, 15) is 24.3 Å². The molecule has 202 valence electrons. The molecule has 0 aromatic carbocycles. The molecule has 7 N–H and O–H groups in total. The summed E-state index contributed by atoms with van der Waals surface area (Å²) in [6.07, 6.45) is 3.39. The van der Waals surface area contributed by atoms with Crippen molar-refractivity contribution in [3.63, 3.8) is 0 Å². The van der Waals surface area contributed by atoms with E-state index in [-0.39, 0.29) is 40.4 Å². The number of rotatable bonds is 8. The zero-order chi connectivity index (χ0) is 27.8. The van der Waals surface area contributed by atoms with E-state index in [0.717, 1.165) is 11.3 Å². The Bertz CT molecular complexity index is 1610. The fourth-order valence-corrected chi connectivity index (χ4v) is 6.04. The number of oxime groups is 1. The van der Waals surface area contributed by atoms with Crippen molar-refractivity contribution in [2.75, 3.05) is 24.4 Å². The topological polar surface area (TPSA) is 228 Å². The molecule has 2 atom stereocenters. The summed E-state index contributed by atoms with van der Waals surface area (Å²) in [4.78, 5) is 63.0. The van der Waals surface area contributed by atoms with Gasteiger partial charge in [0, 0.05) is 22.8 Å². The van der Waals surface area contributed by atoms with Gasteiger partial charge in [-0.15, -0.1) is 33.0 Å². The minimum atomic E-state index is -1.27. The van der Waals surface area contributed by atoms with Gasteiger partial charge >= 0.3 is 11.7 Å². The Morgan fingerprint density at radius 2 is 2.21 bits per heavy atom. The number of anilines is 1. The second-order valence-corrected chi connectivity index (χ2v) is 10.3. The van der Waals surface area contributed by atoms with E-state index < -0.39 is 34.9 Å². The van der Waals surface area contributed by atoms with Gasteiger partial charge in [0.2, 0.25) is 0 Å². The monoisotopic (exact) mass is 573 g/mol. The largest absolute Gasteiger partial charge is 0.477 e. The summed E-state index contributed by atoms with van der Waals surface area (Å²) in [6.45, 7) is 0.152. The molecule has 0 saturated carbocycles. The van der Waals surface area contributed by atoms with Crippen molar-refractivity contribution in [3.8, 4) is 11.4 Å². The van der Waals surface area contributed by atoms with Crippen molar-refractivity contribution in [2.45, 2.75) is 18.0 Å². The molecule has 16 nitrogen and oxygen atoms in total. The Morgan fingerprint density at radius 1 is 1.41 bits per heavy atom. The molecule has 3 aromatic rings. The number of thiazole rings is 1. The fraction of sp³-hybridized carbons (Fsp3) is 0.238. The van der Waals surface area contributed by atoms with Gasteiger partial charge in [0.1, 0.15) is 29.9 Å². The van der Waals surface area contributed by atoms with E-state index >= 15 is 0 Å². The van der Waals surface area contributed by atoms with Crippen molar-refractivity contribution in [2.24, 2.45) is 5.16 Å². The third-order valence-corrected chi connectivity index (χ3v) is 7.86. The quantitative estimate of drug-likeness (QED) is 0.0655. The van der Waals surface area contributed by atoms with Crippen molar-refractivity contribution in [1.29, 1.82) is 0 Å². The standard InChI is InChI=1S/C21H20N10O6S2/c1-37-28-12(11-8-39-20(22)24-11)16(32)25-13-17(33)30-14(19(34)35)10(7-38-18(13)30)6-29-4-2-3-9(5-29)15-26-21(36)31(23)27-15/h2-5,8,13,18H,6-7,23H2,1H3,(H4-,22,24,25,26,27,32,34,35,36)/p+1/b28-12-/t13-,18-/m1/s1. The van der Waals surface area contributed by atoms with Crippen LogP contribution in [0.5, 0.6) is 0 Å². The van der Waals surface area contributed by atoms with Gasteiger partial charge in [0.25, 0.3) is 11.8 Å². The number of aromatic nitrogens is 5. The van der Waals surface area contributed by atoms with Gasteiger partial charge in [-0.2, -0.15) is 0 Å². The van der Waals surface area contributed by atoms with Gasteiger partial charge in [-0.25, -0.2) is 19.1 Å². The number of nitrogens with two attached hydrogens (primary N) is 2. The lowest BCUT2D eigenvalue weighted by atomic mass is 10.0. The molecule has 0 spiro atoms. The number of aromatic amines is 1. The van der Waals surface area contributed by atoms with E-state index in [1.54, 1.807) is 29.1 Å². The normalized spacial score (nSPS) is 18.9. The summed E-state index contributed by atoms with van der Waals surface area (Å²) in [7, 11) is 1.26. The first-order chi connectivity index (χ1) is 18.7. The number of hydrogen-bond donors (Lipinski definition) is 5. The number of carbonyl (C=O) groups is 3. The van der Waals surface area contributed by atoms with Crippen LogP contribution in [0.25, 0.3) is 11.4 Å². The maximum atomic E-state index is 13.1. The lowest BCUT2D eigenvalue weighted by molar-refractivity contribution is -0.688. The van der Waals surface area contributed by atoms with Crippen LogP contribution in [0.4, 0.5) is 5.13 Å². The zero-order valence-electron chi connectivity index (χ0n) is 20.1. The first-order valence-electron chi connectivity index (χ1n) is 11.1.